The van der Waals surface area contributed by atoms with Crippen LogP contribution in [-0.2, 0) is 11.2 Å². The number of nitrogens with two attached hydrogens (primary N) is 1. The lowest BCUT2D eigenvalue weighted by molar-refractivity contribution is 0.200. The molecule has 0 radical (unpaired) electrons. The standard InChI is InChI=1S/C13H21NOS/c1-11(14)10-12-6-3-4-7-13(12)16-9-5-8-15-2/h3-4,6-7,11H,5,8-10,14H2,1-2H3. The first-order valence-electron chi connectivity index (χ1n) is 5.69. The Kier molecular flexibility index (Phi) is 6.53. The Morgan fingerprint density at radius 2 is 2.12 bits per heavy atom. The zero-order valence-corrected chi connectivity index (χ0v) is 10.9. The molecule has 0 amide bonds. The molecule has 0 saturated heterocycles. The monoisotopic (exact) mass is 239 g/mol. The second-order valence-corrected chi connectivity index (χ2v) is 5.12. The molecule has 1 rings (SSSR count). The van der Waals surface area contributed by atoms with Crippen LogP contribution in [0.1, 0.15) is 18.9 Å². The normalized spacial score (nSPS) is 12.7. The van der Waals surface area contributed by atoms with Crippen molar-refractivity contribution in [2.24, 2.45) is 5.73 Å². The molecule has 16 heavy (non-hydrogen) atoms. The van der Waals surface area contributed by atoms with Crippen molar-refractivity contribution in [3.63, 3.8) is 0 Å². The van der Waals surface area contributed by atoms with Gasteiger partial charge in [-0.05, 0) is 31.4 Å². The van der Waals surface area contributed by atoms with Crippen molar-refractivity contribution in [3.05, 3.63) is 29.8 Å². The van der Waals surface area contributed by atoms with Crippen molar-refractivity contribution in [2.45, 2.75) is 30.7 Å². The van der Waals surface area contributed by atoms with Crippen LogP contribution in [0.2, 0.25) is 0 Å². The average molecular weight is 239 g/mol. The molecular weight excluding hydrogens is 218 g/mol. The Morgan fingerprint density at radius 3 is 2.81 bits per heavy atom. The van der Waals surface area contributed by atoms with Crippen LogP contribution < -0.4 is 5.73 Å². The molecule has 0 fully saturated rings. The highest BCUT2D eigenvalue weighted by atomic mass is 32.2. The van der Waals surface area contributed by atoms with Crippen LogP contribution in [0.5, 0.6) is 0 Å². The zero-order chi connectivity index (χ0) is 11.8. The van der Waals surface area contributed by atoms with E-state index in [1.54, 1.807) is 7.11 Å². The molecule has 3 heteroatoms. The Hall–Kier alpha value is -0.510. The summed E-state index contributed by atoms with van der Waals surface area (Å²) < 4.78 is 5.04. The number of benzene rings is 1. The van der Waals surface area contributed by atoms with E-state index in [1.165, 1.54) is 10.5 Å². The fourth-order valence-electron chi connectivity index (χ4n) is 1.55. The van der Waals surface area contributed by atoms with Gasteiger partial charge in [0.1, 0.15) is 0 Å². The van der Waals surface area contributed by atoms with E-state index in [0.717, 1.165) is 25.2 Å². The SMILES string of the molecule is COCCCSc1ccccc1CC(C)N. The number of thioether (sulfide) groups is 1. The van der Waals surface area contributed by atoms with Crippen molar-refractivity contribution in [3.8, 4) is 0 Å². The van der Waals surface area contributed by atoms with Crippen molar-refractivity contribution in [1.82, 2.24) is 0 Å². The summed E-state index contributed by atoms with van der Waals surface area (Å²) in [6, 6.07) is 8.73. The molecule has 0 heterocycles. The van der Waals surface area contributed by atoms with E-state index >= 15 is 0 Å². The number of ether oxygens (including phenoxy) is 1. The maximum absolute atomic E-state index is 5.84. The summed E-state index contributed by atoms with van der Waals surface area (Å²) in [5, 5.41) is 0. The van der Waals surface area contributed by atoms with Crippen molar-refractivity contribution in [1.29, 1.82) is 0 Å². The molecule has 0 aromatic heterocycles. The molecule has 2 nitrogen and oxygen atoms in total. The van der Waals surface area contributed by atoms with Gasteiger partial charge in [-0.15, -0.1) is 11.8 Å². The Morgan fingerprint density at radius 1 is 1.38 bits per heavy atom. The fraction of sp³-hybridized carbons (Fsp3) is 0.538. The molecule has 1 aromatic carbocycles. The van der Waals surface area contributed by atoms with Crippen molar-refractivity contribution < 1.29 is 4.74 Å². The van der Waals surface area contributed by atoms with E-state index in [2.05, 4.69) is 24.3 Å². The van der Waals surface area contributed by atoms with Gasteiger partial charge in [-0.1, -0.05) is 18.2 Å². The highest BCUT2D eigenvalue weighted by Crippen LogP contribution is 2.24. The summed E-state index contributed by atoms with van der Waals surface area (Å²) in [5.41, 5.74) is 7.20. The molecule has 0 bridgehead atoms. The van der Waals surface area contributed by atoms with Crippen molar-refractivity contribution >= 4 is 11.8 Å². The van der Waals surface area contributed by atoms with Gasteiger partial charge in [-0.25, -0.2) is 0 Å². The fourth-order valence-corrected chi connectivity index (χ4v) is 2.54. The van der Waals surface area contributed by atoms with Crippen LogP contribution in [-0.4, -0.2) is 25.5 Å². The third kappa shape index (κ3) is 5.01. The van der Waals surface area contributed by atoms with E-state index in [1.807, 2.05) is 18.7 Å². The van der Waals surface area contributed by atoms with Gasteiger partial charge < -0.3 is 10.5 Å². The lowest BCUT2D eigenvalue weighted by Gasteiger charge is -2.10. The maximum atomic E-state index is 5.84. The third-order valence-corrected chi connectivity index (χ3v) is 3.47. The van der Waals surface area contributed by atoms with E-state index < -0.39 is 0 Å². The first-order valence-corrected chi connectivity index (χ1v) is 6.68. The second kappa shape index (κ2) is 7.71. The van der Waals surface area contributed by atoms with E-state index in [0.29, 0.717) is 0 Å². The lowest BCUT2D eigenvalue weighted by atomic mass is 10.1. The summed E-state index contributed by atoms with van der Waals surface area (Å²) in [4.78, 5) is 1.36. The first-order chi connectivity index (χ1) is 7.74. The smallest absolute Gasteiger partial charge is 0.0470 e. The molecule has 0 aliphatic rings. The Bertz CT molecular complexity index is 302. The van der Waals surface area contributed by atoms with E-state index in [9.17, 15) is 0 Å². The van der Waals surface area contributed by atoms with Gasteiger partial charge >= 0.3 is 0 Å². The largest absolute Gasteiger partial charge is 0.385 e. The molecule has 1 unspecified atom stereocenters. The number of hydrogen-bond donors (Lipinski definition) is 1. The highest BCUT2D eigenvalue weighted by molar-refractivity contribution is 7.99. The van der Waals surface area contributed by atoms with E-state index in [4.69, 9.17) is 10.5 Å². The van der Waals surface area contributed by atoms with Gasteiger partial charge in [-0.3, -0.25) is 0 Å². The molecule has 0 spiro atoms. The highest BCUT2D eigenvalue weighted by Gasteiger charge is 2.04. The van der Waals surface area contributed by atoms with Gasteiger partial charge in [-0.2, -0.15) is 0 Å². The Labute approximate surface area is 103 Å². The predicted octanol–water partition coefficient (Wildman–Crippen LogP) is 2.70. The first kappa shape index (κ1) is 13.6. The van der Waals surface area contributed by atoms with Gasteiger partial charge in [0.15, 0.2) is 0 Å². The average Bonchev–Trinajstić information content (AvgIpc) is 2.26. The molecule has 0 aliphatic heterocycles. The summed E-state index contributed by atoms with van der Waals surface area (Å²) in [5.74, 6) is 1.10. The van der Waals surface area contributed by atoms with E-state index in [-0.39, 0.29) is 6.04 Å². The molecule has 90 valence electrons. The molecule has 0 aliphatic carbocycles. The van der Waals surface area contributed by atoms with Crippen LogP contribution in [0.25, 0.3) is 0 Å². The minimum atomic E-state index is 0.223. The predicted molar refractivity (Wildman–Crippen MR) is 71.0 cm³/mol. The van der Waals surface area contributed by atoms with Gasteiger partial charge in [0.2, 0.25) is 0 Å². The number of rotatable bonds is 7. The number of hydrogen-bond acceptors (Lipinski definition) is 3. The Balaban J connectivity index is 2.50. The van der Waals surface area contributed by atoms with Crippen LogP contribution in [0, 0.1) is 0 Å². The molecular formula is C13H21NOS. The van der Waals surface area contributed by atoms with Crippen LogP contribution in [0.3, 0.4) is 0 Å². The third-order valence-electron chi connectivity index (χ3n) is 2.26. The minimum Gasteiger partial charge on any atom is -0.385 e. The van der Waals surface area contributed by atoms with Crippen LogP contribution >= 0.6 is 11.8 Å². The quantitative estimate of drug-likeness (QED) is 0.587. The van der Waals surface area contributed by atoms with Gasteiger partial charge in [0, 0.05) is 30.4 Å². The molecule has 0 saturated carbocycles. The summed E-state index contributed by atoms with van der Waals surface area (Å²) in [6.07, 6.45) is 2.04. The molecule has 1 aromatic rings. The molecule has 2 N–H and O–H groups in total. The molecule has 1 atom stereocenters. The van der Waals surface area contributed by atoms with Crippen LogP contribution in [0.15, 0.2) is 29.2 Å². The van der Waals surface area contributed by atoms with Crippen LogP contribution in [0.4, 0.5) is 0 Å². The number of methoxy groups -OCH3 is 1. The van der Waals surface area contributed by atoms with Gasteiger partial charge in [0.25, 0.3) is 0 Å². The minimum absolute atomic E-state index is 0.223. The summed E-state index contributed by atoms with van der Waals surface area (Å²) in [6.45, 7) is 2.88. The second-order valence-electron chi connectivity index (χ2n) is 3.98. The van der Waals surface area contributed by atoms with Gasteiger partial charge in [0.05, 0.1) is 0 Å². The zero-order valence-electron chi connectivity index (χ0n) is 10.1. The van der Waals surface area contributed by atoms with Crippen molar-refractivity contribution in [2.75, 3.05) is 19.5 Å². The lowest BCUT2D eigenvalue weighted by Crippen LogP contribution is -2.18. The topological polar surface area (TPSA) is 35.2 Å². The maximum Gasteiger partial charge on any atom is 0.0470 e. The summed E-state index contributed by atoms with van der Waals surface area (Å²) >= 11 is 1.89. The summed E-state index contributed by atoms with van der Waals surface area (Å²) in [7, 11) is 1.74.